The fraction of sp³-hybridized carbons (Fsp3) is 0.222. The SMILES string of the molecule is CN(CCO)c1ccc(/C=N\NC(=O)Cn2nnc3ccccc32)cc1. The molecule has 0 fully saturated rings. The monoisotopic (exact) mass is 352 g/mol. The number of fused-ring (bicyclic) bond motifs is 1. The summed E-state index contributed by atoms with van der Waals surface area (Å²) in [5, 5.41) is 20.9. The Balaban J connectivity index is 1.55. The smallest absolute Gasteiger partial charge is 0.261 e. The van der Waals surface area contributed by atoms with Crippen LogP contribution in [0.1, 0.15) is 5.56 Å². The second-order valence-electron chi connectivity index (χ2n) is 5.77. The molecule has 0 radical (unpaired) electrons. The molecule has 8 heteroatoms. The normalized spacial score (nSPS) is 11.2. The molecule has 0 bridgehead atoms. The first-order valence-corrected chi connectivity index (χ1v) is 8.19. The Kier molecular flexibility index (Phi) is 5.55. The van der Waals surface area contributed by atoms with E-state index in [0.29, 0.717) is 6.54 Å². The number of hydrogen-bond donors (Lipinski definition) is 2. The Hall–Kier alpha value is -3.26. The lowest BCUT2D eigenvalue weighted by Crippen LogP contribution is -2.23. The molecule has 3 aromatic rings. The van der Waals surface area contributed by atoms with Crippen molar-refractivity contribution in [2.75, 3.05) is 25.1 Å². The third kappa shape index (κ3) is 4.22. The van der Waals surface area contributed by atoms with Crippen molar-refractivity contribution < 1.29 is 9.90 Å². The number of nitrogens with one attached hydrogen (secondary N) is 1. The fourth-order valence-corrected chi connectivity index (χ4v) is 2.48. The van der Waals surface area contributed by atoms with Crippen molar-refractivity contribution in [2.45, 2.75) is 6.54 Å². The summed E-state index contributed by atoms with van der Waals surface area (Å²) in [6, 6.07) is 15.1. The molecular weight excluding hydrogens is 332 g/mol. The van der Waals surface area contributed by atoms with Crippen molar-refractivity contribution in [3.05, 3.63) is 54.1 Å². The molecule has 0 saturated carbocycles. The molecule has 1 aromatic heterocycles. The number of aliphatic hydroxyl groups is 1. The van der Waals surface area contributed by atoms with E-state index in [1.165, 1.54) is 4.68 Å². The van der Waals surface area contributed by atoms with E-state index in [1.54, 1.807) is 6.21 Å². The van der Waals surface area contributed by atoms with Gasteiger partial charge in [0.1, 0.15) is 12.1 Å². The molecule has 3 rings (SSSR count). The second-order valence-corrected chi connectivity index (χ2v) is 5.77. The lowest BCUT2D eigenvalue weighted by Gasteiger charge is -2.17. The van der Waals surface area contributed by atoms with Crippen LogP contribution in [-0.4, -0.2) is 52.4 Å². The van der Waals surface area contributed by atoms with E-state index in [2.05, 4.69) is 20.8 Å². The van der Waals surface area contributed by atoms with Gasteiger partial charge in [0.25, 0.3) is 5.91 Å². The van der Waals surface area contributed by atoms with Gasteiger partial charge < -0.3 is 10.0 Å². The largest absolute Gasteiger partial charge is 0.395 e. The Morgan fingerprint density at radius 1 is 1.27 bits per heavy atom. The number of likely N-dealkylation sites (N-methyl/N-ethyl adjacent to an activating group) is 1. The third-order valence-electron chi connectivity index (χ3n) is 3.89. The van der Waals surface area contributed by atoms with E-state index >= 15 is 0 Å². The number of rotatable bonds is 7. The molecule has 0 unspecified atom stereocenters. The van der Waals surface area contributed by atoms with Gasteiger partial charge in [-0.15, -0.1) is 5.10 Å². The van der Waals surface area contributed by atoms with Crippen LogP contribution in [0.25, 0.3) is 11.0 Å². The zero-order valence-electron chi connectivity index (χ0n) is 14.4. The maximum absolute atomic E-state index is 12.0. The van der Waals surface area contributed by atoms with Crippen LogP contribution >= 0.6 is 0 Å². The van der Waals surface area contributed by atoms with Gasteiger partial charge in [-0.25, -0.2) is 10.1 Å². The average molecular weight is 352 g/mol. The lowest BCUT2D eigenvalue weighted by molar-refractivity contribution is -0.121. The summed E-state index contributed by atoms with van der Waals surface area (Å²) in [4.78, 5) is 14.0. The molecule has 134 valence electrons. The van der Waals surface area contributed by atoms with Crippen LogP contribution < -0.4 is 10.3 Å². The van der Waals surface area contributed by atoms with Crippen LogP contribution in [0, 0.1) is 0 Å². The summed E-state index contributed by atoms with van der Waals surface area (Å²) in [5.74, 6) is -0.281. The van der Waals surface area contributed by atoms with Gasteiger partial charge in [-0.2, -0.15) is 5.10 Å². The number of amides is 1. The number of carbonyl (C=O) groups excluding carboxylic acids is 1. The summed E-state index contributed by atoms with van der Waals surface area (Å²) in [6.45, 7) is 0.718. The molecule has 1 amide bonds. The summed E-state index contributed by atoms with van der Waals surface area (Å²) >= 11 is 0. The summed E-state index contributed by atoms with van der Waals surface area (Å²) in [6.07, 6.45) is 1.58. The minimum atomic E-state index is -0.281. The topological polar surface area (TPSA) is 95.6 Å². The molecule has 0 aliphatic carbocycles. The zero-order chi connectivity index (χ0) is 18.4. The molecule has 26 heavy (non-hydrogen) atoms. The number of hydrazone groups is 1. The molecular formula is C18H20N6O2. The quantitative estimate of drug-likeness (QED) is 0.489. The number of anilines is 1. The highest BCUT2D eigenvalue weighted by Crippen LogP contribution is 2.12. The van der Waals surface area contributed by atoms with Gasteiger partial charge in [0.2, 0.25) is 0 Å². The van der Waals surface area contributed by atoms with Crippen LogP contribution in [0.3, 0.4) is 0 Å². The molecule has 0 saturated heterocycles. The molecule has 2 aromatic carbocycles. The summed E-state index contributed by atoms with van der Waals surface area (Å²) < 4.78 is 1.53. The van der Waals surface area contributed by atoms with E-state index in [0.717, 1.165) is 22.3 Å². The predicted octanol–water partition coefficient (Wildman–Crippen LogP) is 1.01. The minimum Gasteiger partial charge on any atom is -0.395 e. The highest BCUT2D eigenvalue weighted by molar-refractivity contribution is 5.83. The van der Waals surface area contributed by atoms with Crippen LogP contribution in [-0.2, 0) is 11.3 Å². The predicted molar refractivity (Wildman–Crippen MR) is 100 cm³/mol. The van der Waals surface area contributed by atoms with Gasteiger partial charge in [0.05, 0.1) is 18.3 Å². The van der Waals surface area contributed by atoms with Crippen LogP contribution in [0.4, 0.5) is 5.69 Å². The van der Waals surface area contributed by atoms with Crippen LogP contribution in [0.2, 0.25) is 0 Å². The Labute approximate surface area is 150 Å². The Morgan fingerprint density at radius 3 is 2.81 bits per heavy atom. The fourth-order valence-electron chi connectivity index (χ4n) is 2.48. The number of para-hydroxylation sites is 1. The Morgan fingerprint density at radius 2 is 2.04 bits per heavy atom. The first kappa shape index (κ1) is 17.6. The first-order valence-electron chi connectivity index (χ1n) is 8.19. The van der Waals surface area contributed by atoms with E-state index in [4.69, 9.17) is 5.11 Å². The van der Waals surface area contributed by atoms with Crippen molar-refractivity contribution in [1.29, 1.82) is 0 Å². The van der Waals surface area contributed by atoms with Gasteiger partial charge in [-0.1, -0.05) is 29.5 Å². The standard InChI is InChI=1S/C18H20N6O2/c1-23(10-11-25)15-8-6-14(7-9-15)12-19-21-18(26)13-24-17-5-3-2-4-16(17)20-22-24/h2-9,12,25H,10-11,13H2,1H3,(H,21,26)/b19-12-. The van der Waals surface area contributed by atoms with Gasteiger partial charge in [0, 0.05) is 19.3 Å². The molecule has 0 atom stereocenters. The average Bonchev–Trinajstić information content (AvgIpc) is 3.05. The van der Waals surface area contributed by atoms with E-state index in [9.17, 15) is 4.79 Å². The van der Waals surface area contributed by atoms with E-state index < -0.39 is 0 Å². The maximum atomic E-state index is 12.0. The molecule has 0 aliphatic rings. The molecule has 1 heterocycles. The maximum Gasteiger partial charge on any atom is 0.261 e. The van der Waals surface area contributed by atoms with E-state index in [1.807, 2.05) is 60.5 Å². The molecule has 8 nitrogen and oxygen atoms in total. The van der Waals surface area contributed by atoms with Crippen molar-refractivity contribution in [3.63, 3.8) is 0 Å². The number of hydrogen-bond acceptors (Lipinski definition) is 6. The van der Waals surface area contributed by atoms with Crippen LogP contribution in [0.5, 0.6) is 0 Å². The third-order valence-corrected chi connectivity index (χ3v) is 3.89. The number of aliphatic hydroxyl groups excluding tert-OH is 1. The van der Waals surface area contributed by atoms with Gasteiger partial charge in [-0.05, 0) is 29.8 Å². The zero-order valence-corrected chi connectivity index (χ0v) is 14.4. The van der Waals surface area contributed by atoms with Crippen molar-refractivity contribution in [1.82, 2.24) is 20.4 Å². The molecule has 0 spiro atoms. The molecule has 2 N–H and O–H groups in total. The van der Waals surface area contributed by atoms with Gasteiger partial charge in [-0.3, -0.25) is 4.79 Å². The van der Waals surface area contributed by atoms with Crippen LogP contribution in [0.15, 0.2) is 53.6 Å². The van der Waals surface area contributed by atoms with Gasteiger partial charge >= 0.3 is 0 Å². The second kappa shape index (κ2) is 8.21. The van der Waals surface area contributed by atoms with Crippen molar-refractivity contribution in [3.8, 4) is 0 Å². The number of aromatic nitrogens is 3. The minimum absolute atomic E-state index is 0.0444. The number of carbonyl (C=O) groups is 1. The highest BCUT2D eigenvalue weighted by atomic mass is 16.3. The summed E-state index contributed by atoms with van der Waals surface area (Å²) in [7, 11) is 1.91. The first-order chi connectivity index (χ1) is 12.7. The number of benzene rings is 2. The van der Waals surface area contributed by atoms with E-state index in [-0.39, 0.29) is 19.1 Å². The van der Waals surface area contributed by atoms with Crippen molar-refractivity contribution >= 4 is 28.8 Å². The highest BCUT2D eigenvalue weighted by Gasteiger charge is 2.07. The molecule has 0 aliphatic heterocycles. The van der Waals surface area contributed by atoms with Crippen molar-refractivity contribution in [2.24, 2.45) is 5.10 Å². The Bertz CT molecular complexity index is 903. The number of nitrogens with zero attached hydrogens (tertiary/aromatic N) is 5. The lowest BCUT2D eigenvalue weighted by atomic mass is 10.2. The van der Waals surface area contributed by atoms with Gasteiger partial charge in [0.15, 0.2) is 0 Å². The summed E-state index contributed by atoms with van der Waals surface area (Å²) in [5.41, 5.74) is 5.89.